The number of hydrogen-bond donors (Lipinski definition) is 1. The van der Waals surface area contributed by atoms with Crippen LogP contribution in [0, 0.1) is 0 Å². The van der Waals surface area contributed by atoms with Crippen molar-refractivity contribution in [3.8, 4) is 5.75 Å². The minimum atomic E-state index is -3.53. The Hall–Kier alpha value is -1.27. The van der Waals surface area contributed by atoms with Gasteiger partial charge in [-0.25, -0.2) is 13.2 Å². The molecule has 0 saturated heterocycles. The molecule has 17 heavy (non-hydrogen) atoms. The summed E-state index contributed by atoms with van der Waals surface area (Å²) in [5.74, 6) is -1.25. The predicted octanol–water partition coefficient (Wildman–Crippen LogP) is 1.59. The molecule has 1 aromatic rings. The Bertz CT molecular complexity index is 579. The average Bonchev–Trinajstić information content (AvgIpc) is 2.38. The van der Waals surface area contributed by atoms with Gasteiger partial charge in [-0.1, -0.05) is 11.6 Å². The number of hydrogen-bond acceptors (Lipinski definition) is 4. The number of benzene rings is 1. The fraction of sp³-hybridized carbons (Fsp3) is 0.300. The third kappa shape index (κ3) is 2.23. The van der Waals surface area contributed by atoms with Gasteiger partial charge in [-0.05, 0) is 18.6 Å². The maximum absolute atomic E-state index is 11.9. The molecule has 0 radical (unpaired) electrons. The number of fused-ring (bicyclic) bond motifs is 1. The van der Waals surface area contributed by atoms with E-state index in [1.165, 1.54) is 6.07 Å². The molecule has 0 amide bonds. The number of carboxylic acids is 1. The van der Waals surface area contributed by atoms with Crippen LogP contribution in [-0.2, 0) is 9.84 Å². The number of rotatable bonds is 1. The lowest BCUT2D eigenvalue weighted by Gasteiger charge is -2.09. The first-order valence-corrected chi connectivity index (χ1v) is 6.87. The lowest BCUT2D eigenvalue weighted by Crippen LogP contribution is -2.07. The molecule has 0 saturated carbocycles. The number of carbonyl (C=O) groups is 1. The maximum atomic E-state index is 11.9. The second kappa shape index (κ2) is 4.19. The minimum Gasteiger partial charge on any atom is -0.491 e. The van der Waals surface area contributed by atoms with Gasteiger partial charge in [0.25, 0.3) is 0 Å². The molecule has 1 aliphatic rings. The van der Waals surface area contributed by atoms with Crippen molar-refractivity contribution < 1.29 is 23.1 Å². The normalized spacial score (nSPS) is 17.7. The van der Waals surface area contributed by atoms with Crippen molar-refractivity contribution in [1.82, 2.24) is 0 Å². The van der Waals surface area contributed by atoms with Gasteiger partial charge >= 0.3 is 5.97 Å². The number of aromatic carboxylic acids is 1. The van der Waals surface area contributed by atoms with Gasteiger partial charge in [0, 0.05) is 0 Å². The lowest BCUT2D eigenvalue weighted by atomic mass is 10.2. The summed E-state index contributed by atoms with van der Waals surface area (Å²) >= 11 is 5.84. The van der Waals surface area contributed by atoms with E-state index < -0.39 is 15.8 Å². The van der Waals surface area contributed by atoms with Crippen LogP contribution in [0.3, 0.4) is 0 Å². The van der Waals surface area contributed by atoms with E-state index in [0.29, 0.717) is 6.42 Å². The number of carboxylic acid groups (broad SMARTS) is 1. The molecule has 5 nitrogen and oxygen atoms in total. The van der Waals surface area contributed by atoms with E-state index in [1.807, 2.05) is 0 Å². The van der Waals surface area contributed by atoms with E-state index in [4.69, 9.17) is 21.4 Å². The molecule has 1 N–H and O–H groups in total. The Labute approximate surface area is 103 Å². The van der Waals surface area contributed by atoms with Crippen molar-refractivity contribution >= 4 is 27.4 Å². The molecule has 92 valence electrons. The molecule has 0 unspecified atom stereocenters. The van der Waals surface area contributed by atoms with E-state index >= 15 is 0 Å². The molecule has 1 heterocycles. The van der Waals surface area contributed by atoms with Gasteiger partial charge in [-0.15, -0.1) is 0 Å². The standard InChI is InChI=1S/C10H9ClO5S/c11-7-4-6(10(12)13)5-8-9(7)16-2-1-3-17(8,14)15/h4-5H,1-3H2,(H,12,13). The van der Waals surface area contributed by atoms with Crippen molar-refractivity contribution in [1.29, 1.82) is 0 Å². The summed E-state index contributed by atoms with van der Waals surface area (Å²) in [6, 6.07) is 2.27. The van der Waals surface area contributed by atoms with Gasteiger partial charge in [0.2, 0.25) is 0 Å². The highest BCUT2D eigenvalue weighted by Crippen LogP contribution is 2.36. The fourth-order valence-electron chi connectivity index (χ4n) is 1.60. The zero-order valence-corrected chi connectivity index (χ0v) is 10.2. The average molecular weight is 277 g/mol. The molecule has 7 heteroatoms. The Morgan fingerprint density at radius 3 is 2.76 bits per heavy atom. The van der Waals surface area contributed by atoms with Crippen LogP contribution in [0.2, 0.25) is 5.02 Å². The van der Waals surface area contributed by atoms with Crippen molar-refractivity contribution in [2.24, 2.45) is 0 Å². The summed E-state index contributed by atoms with van der Waals surface area (Å²) in [5.41, 5.74) is -0.164. The quantitative estimate of drug-likeness (QED) is 0.842. The molecule has 1 aliphatic heterocycles. The van der Waals surface area contributed by atoms with Gasteiger partial charge < -0.3 is 9.84 Å². The molecular weight excluding hydrogens is 268 g/mol. The van der Waals surface area contributed by atoms with E-state index in [-0.39, 0.29) is 33.6 Å². The van der Waals surface area contributed by atoms with E-state index in [0.717, 1.165) is 6.07 Å². The van der Waals surface area contributed by atoms with Crippen LogP contribution in [0.15, 0.2) is 17.0 Å². The Morgan fingerprint density at radius 1 is 1.41 bits per heavy atom. The summed E-state index contributed by atoms with van der Waals surface area (Å²) in [5, 5.41) is 8.86. The molecule has 0 bridgehead atoms. The van der Waals surface area contributed by atoms with Crippen LogP contribution in [0.1, 0.15) is 16.8 Å². The summed E-state index contributed by atoms with van der Waals surface area (Å²) < 4.78 is 29.0. The first kappa shape index (κ1) is 12.2. The van der Waals surface area contributed by atoms with E-state index in [2.05, 4.69) is 0 Å². The van der Waals surface area contributed by atoms with Gasteiger partial charge in [-0.3, -0.25) is 0 Å². The Morgan fingerprint density at radius 2 is 2.12 bits per heavy atom. The molecule has 0 spiro atoms. The molecule has 2 rings (SSSR count). The predicted molar refractivity (Wildman–Crippen MR) is 60.6 cm³/mol. The highest BCUT2D eigenvalue weighted by molar-refractivity contribution is 7.91. The Kier molecular flexibility index (Phi) is 3.01. The number of sulfone groups is 1. The topological polar surface area (TPSA) is 80.7 Å². The first-order valence-electron chi connectivity index (χ1n) is 4.84. The summed E-state index contributed by atoms with van der Waals surface area (Å²) in [4.78, 5) is 10.7. The maximum Gasteiger partial charge on any atom is 0.335 e. The van der Waals surface area contributed by atoms with Crippen LogP contribution >= 0.6 is 11.6 Å². The molecule has 0 fully saturated rings. The van der Waals surface area contributed by atoms with Gasteiger partial charge in [0.1, 0.15) is 4.90 Å². The summed E-state index contributed by atoms with van der Waals surface area (Å²) in [6.45, 7) is 0.248. The second-order valence-electron chi connectivity index (χ2n) is 3.61. The van der Waals surface area contributed by atoms with Crippen LogP contribution in [-0.4, -0.2) is 31.9 Å². The third-order valence-electron chi connectivity index (χ3n) is 2.40. The first-order chi connectivity index (χ1) is 7.92. The molecule has 0 aromatic heterocycles. The summed E-state index contributed by atoms with van der Waals surface area (Å²) in [6.07, 6.45) is 0.357. The SMILES string of the molecule is O=C(O)c1cc(Cl)c2c(c1)S(=O)(=O)CCCO2. The Balaban J connectivity index is 2.72. The van der Waals surface area contributed by atoms with Crippen LogP contribution in [0.4, 0.5) is 0 Å². The van der Waals surface area contributed by atoms with Crippen molar-refractivity contribution in [2.75, 3.05) is 12.4 Å². The van der Waals surface area contributed by atoms with E-state index in [1.54, 1.807) is 0 Å². The van der Waals surface area contributed by atoms with Crippen molar-refractivity contribution in [3.63, 3.8) is 0 Å². The van der Waals surface area contributed by atoms with Crippen LogP contribution < -0.4 is 4.74 Å². The van der Waals surface area contributed by atoms with Crippen LogP contribution in [0.5, 0.6) is 5.75 Å². The third-order valence-corrected chi connectivity index (χ3v) is 4.48. The highest BCUT2D eigenvalue weighted by Gasteiger charge is 2.27. The second-order valence-corrected chi connectivity index (χ2v) is 6.10. The molecule has 1 aromatic carbocycles. The zero-order valence-electron chi connectivity index (χ0n) is 8.64. The van der Waals surface area contributed by atoms with Gasteiger partial charge in [0.05, 0.1) is 22.9 Å². The largest absolute Gasteiger partial charge is 0.491 e. The summed E-state index contributed by atoms with van der Waals surface area (Å²) in [7, 11) is -3.53. The zero-order chi connectivity index (χ0) is 12.6. The lowest BCUT2D eigenvalue weighted by molar-refractivity contribution is 0.0696. The van der Waals surface area contributed by atoms with Gasteiger partial charge in [-0.2, -0.15) is 0 Å². The minimum absolute atomic E-state index is 0.00498. The molecular formula is C10H9ClO5S. The van der Waals surface area contributed by atoms with Crippen molar-refractivity contribution in [3.05, 3.63) is 22.7 Å². The monoisotopic (exact) mass is 276 g/mol. The smallest absolute Gasteiger partial charge is 0.335 e. The van der Waals surface area contributed by atoms with Gasteiger partial charge in [0.15, 0.2) is 15.6 Å². The molecule has 0 atom stereocenters. The van der Waals surface area contributed by atoms with Crippen molar-refractivity contribution in [2.45, 2.75) is 11.3 Å². The highest BCUT2D eigenvalue weighted by atomic mass is 35.5. The molecule has 0 aliphatic carbocycles. The number of halogens is 1. The number of ether oxygens (including phenoxy) is 1. The van der Waals surface area contributed by atoms with Crippen LogP contribution in [0.25, 0.3) is 0 Å². The van der Waals surface area contributed by atoms with E-state index in [9.17, 15) is 13.2 Å². The fourth-order valence-corrected chi connectivity index (χ4v) is 3.40.